The van der Waals surface area contributed by atoms with Gasteiger partial charge in [-0.1, -0.05) is 0 Å². The molecule has 1 saturated carbocycles. The van der Waals surface area contributed by atoms with Gasteiger partial charge in [0.05, 0.1) is 12.0 Å². The predicted molar refractivity (Wildman–Crippen MR) is 46.2 cm³/mol. The van der Waals surface area contributed by atoms with Crippen molar-refractivity contribution in [2.24, 2.45) is 11.7 Å². The Balaban J connectivity index is 0.00000121. The second-order valence-corrected chi connectivity index (χ2v) is 3.08. The molecule has 72 valence electrons. The van der Waals surface area contributed by atoms with Crippen molar-refractivity contribution < 1.29 is 15.0 Å². The fourth-order valence-electron chi connectivity index (χ4n) is 1.41. The second kappa shape index (κ2) is 4.64. The fourth-order valence-corrected chi connectivity index (χ4v) is 1.41. The first-order valence-corrected chi connectivity index (χ1v) is 3.77. The molecule has 0 heterocycles. The summed E-state index contributed by atoms with van der Waals surface area (Å²) < 4.78 is 0. The third kappa shape index (κ3) is 2.62. The summed E-state index contributed by atoms with van der Waals surface area (Å²) in [6, 6.07) is -0.357. The van der Waals surface area contributed by atoms with Crippen LogP contribution in [0.2, 0.25) is 0 Å². The number of carbonyl (C=O) groups is 1. The lowest BCUT2D eigenvalue weighted by atomic mass is 9.84. The van der Waals surface area contributed by atoms with Crippen molar-refractivity contribution in [1.82, 2.24) is 0 Å². The summed E-state index contributed by atoms with van der Waals surface area (Å²) in [7, 11) is 0. The van der Waals surface area contributed by atoms with Crippen LogP contribution in [0.1, 0.15) is 19.3 Å². The van der Waals surface area contributed by atoms with Gasteiger partial charge in [0.1, 0.15) is 0 Å². The maximum atomic E-state index is 10.5. The molecule has 1 aliphatic rings. The van der Waals surface area contributed by atoms with Crippen molar-refractivity contribution in [3.05, 3.63) is 0 Å². The van der Waals surface area contributed by atoms with Gasteiger partial charge < -0.3 is 15.9 Å². The van der Waals surface area contributed by atoms with E-state index < -0.39 is 12.1 Å². The normalized spacial score (nSPS) is 35.3. The second-order valence-electron chi connectivity index (χ2n) is 3.08. The van der Waals surface area contributed by atoms with Gasteiger partial charge in [0, 0.05) is 6.04 Å². The molecule has 4 N–H and O–H groups in total. The molecule has 0 radical (unpaired) electrons. The SMILES string of the molecule is Cl.NC1CC(C(=O)O)CCC1O. The molecule has 12 heavy (non-hydrogen) atoms. The van der Waals surface area contributed by atoms with E-state index in [2.05, 4.69) is 0 Å². The average Bonchev–Trinajstić information content (AvgIpc) is 1.94. The minimum absolute atomic E-state index is 0. The number of rotatable bonds is 1. The topological polar surface area (TPSA) is 83.6 Å². The lowest BCUT2D eigenvalue weighted by Crippen LogP contribution is -2.42. The van der Waals surface area contributed by atoms with E-state index in [4.69, 9.17) is 15.9 Å². The Morgan fingerprint density at radius 1 is 1.42 bits per heavy atom. The van der Waals surface area contributed by atoms with Gasteiger partial charge in [-0.2, -0.15) is 0 Å². The molecule has 1 fully saturated rings. The number of hydrogen-bond donors (Lipinski definition) is 3. The highest BCUT2D eigenvalue weighted by atomic mass is 35.5. The maximum absolute atomic E-state index is 10.5. The molecule has 0 bridgehead atoms. The number of aliphatic carboxylic acids is 1. The summed E-state index contributed by atoms with van der Waals surface area (Å²) in [4.78, 5) is 10.5. The van der Waals surface area contributed by atoms with Crippen LogP contribution < -0.4 is 5.73 Å². The van der Waals surface area contributed by atoms with Crippen molar-refractivity contribution in [2.45, 2.75) is 31.4 Å². The molecular formula is C7H14ClNO3. The van der Waals surface area contributed by atoms with Crippen molar-refractivity contribution in [2.75, 3.05) is 0 Å². The van der Waals surface area contributed by atoms with E-state index in [0.29, 0.717) is 19.3 Å². The molecule has 0 saturated heterocycles. The first kappa shape index (κ1) is 11.7. The predicted octanol–water partition coefficient (Wildman–Crippen LogP) is -0.0189. The number of carboxylic acids is 1. The van der Waals surface area contributed by atoms with E-state index in [1.165, 1.54) is 0 Å². The molecule has 4 nitrogen and oxygen atoms in total. The van der Waals surface area contributed by atoms with Gasteiger partial charge in [-0.05, 0) is 19.3 Å². The van der Waals surface area contributed by atoms with E-state index in [1.807, 2.05) is 0 Å². The highest BCUT2D eigenvalue weighted by Crippen LogP contribution is 2.23. The Hall–Kier alpha value is -0.320. The Kier molecular flexibility index (Phi) is 4.52. The number of nitrogens with two attached hydrogens (primary N) is 1. The van der Waals surface area contributed by atoms with Gasteiger partial charge in [-0.3, -0.25) is 4.79 Å². The summed E-state index contributed by atoms with van der Waals surface area (Å²) in [6.07, 6.45) is 0.948. The van der Waals surface area contributed by atoms with E-state index in [-0.39, 0.29) is 24.4 Å². The molecule has 0 amide bonds. The zero-order valence-corrected chi connectivity index (χ0v) is 7.46. The zero-order valence-electron chi connectivity index (χ0n) is 6.64. The minimum atomic E-state index is -0.799. The largest absolute Gasteiger partial charge is 0.481 e. The molecule has 3 atom stereocenters. The zero-order chi connectivity index (χ0) is 8.43. The van der Waals surface area contributed by atoms with Crippen molar-refractivity contribution in [3.63, 3.8) is 0 Å². The first-order chi connectivity index (χ1) is 5.11. The highest BCUT2D eigenvalue weighted by molar-refractivity contribution is 5.85. The van der Waals surface area contributed by atoms with E-state index in [0.717, 1.165) is 0 Å². The maximum Gasteiger partial charge on any atom is 0.306 e. The van der Waals surface area contributed by atoms with Crippen LogP contribution in [0.25, 0.3) is 0 Å². The van der Waals surface area contributed by atoms with Gasteiger partial charge in [-0.15, -0.1) is 12.4 Å². The van der Waals surface area contributed by atoms with E-state index >= 15 is 0 Å². The molecule has 0 aliphatic heterocycles. The highest BCUT2D eigenvalue weighted by Gasteiger charge is 2.30. The number of aliphatic hydroxyl groups excluding tert-OH is 1. The molecule has 5 heteroatoms. The quantitative estimate of drug-likeness (QED) is 0.549. The third-order valence-corrected chi connectivity index (χ3v) is 2.21. The number of carboxylic acid groups (broad SMARTS) is 1. The van der Waals surface area contributed by atoms with E-state index in [1.54, 1.807) is 0 Å². The van der Waals surface area contributed by atoms with Crippen LogP contribution in [0.5, 0.6) is 0 Å². The van der Waals surface area contributed by atoms with Gasteiger partial charge in [0.25, 0.3) is 0 Å². The lowest BCUT2D eigenvalue weighted by Gasteiger charge is -2.28. The van der Waals surface area contributed by atoms with Crippen molar-refractivity contribution in [1.29, 1.82) is 0 Å². The molecule has 3 unspecified atom stereocenters. The fraction of sp³-hybridized carbons (Fsp3) is 0.857. The van der Waals surface area contributed by atoms with Crippen LogP contribution in [-0.4, -0.2) is 28.3 Å². The van der Waals surface area contributed by atoms with E-state index in [9.17, 15) is 4.79 Å². The Morgan fingerprint density at radius 3 is 2.42 bits per heavy atom. The molecule has 0 aromatic heterocycles. The molecule has 0 spiro atoms. The van der Waals surface area contributed by atoms with Gasteiger partial charge >= 0.3 is 5.97 Å². The van der Waals surface area contributed by atoms with Crippen LogP contribution in [0.4, 0.5) is 0 Å². The lowest BCUT2D eigenvalue weighted by molar-refractivity contribution is -0.143. The van der Waals surface area contributed by atoms with Crippen LogP contribution in [-0.2, 0) is 4.79 Å². The molecule has 1 aliphatic carbocycles. The first-order valence-electron chi connectivity index (χ1n) is 3.77. The molecule has 0 aromatic rings. The molecule has 1 rings (SSSR count). The summed E-state index contributed by atoms with van der Waals surface area (Å²) >= 11 is 0. The monoisotopic (exact) mass is 195 g/mol. The standard InChI is InChI=1S/C7H13NO3.ClH/c8-5-3-4(7(10)11)1-2-6(5)9;/h4-6,9H,1-3,8H2,(H,10,11);1H. The number of hydrogen-bond acceptors (Lipinski definition) is 3. The Morgan fingerprint density at radius 2 is 2.00 bits per heavy atom. The average molecular weight is 196 g/mol. The van der Waals surface area contributed by atoms with Crippen LogP contribution >= 0.6 is 12.4 Å². The van der Waals surface area contributed by atoms with Crippen LogP contribution in [0.15, 0.2) is 0 Å². The van der Waals surface area contributed by atoms with Crippen molar-refractivity contribution in [3.8, 4) is 0 Å². The number of halogens is 1. The third-order valence-electron chi connectivity index (χ3n) is 2.21. The van der Waals surface area contributed by atoms with Crippen molar-refractivity contribution >= 4 is 18.4 Å². The molecular weight excluding hydrogens is 182 g/mol. The summed E-state index contributed by atoms with van der Waals surface area (Å²) in [5, 5.41) is 17.8. The minimum Gasteiger partial charge on any atom is -0.481 e. The van der Waals surface area contributed by atoms with Gasteiger partial charge in [0.2, 0.25) is 0 Å². The summed E-state index contributed by atoms with van der Waals surface area (Å²) in [5.41, 5.74) is 5.49. The summed E-state index contributed by atoms with van der Waals surface area (Å²) in [5.74, 6) is -1.15. The number of aliphatic hydroxyl groups is 1. The smallest absolute Gasteiger partial charge is 0.306 e. The van der Waals surface area contributed by atoms with Crippen LogP contribution in [0.3, 0.4) is 0 Å². The van der Waals surface area contributed by atoms with Gasteiger partial charge in [-0.25, -0.2) is 0 Å². The molecule has 0 aromatic carbocycles. The summed E-state index contributed by atoms with van der Waals surface area (Å²) in [6.45, 7) is 0. The Labute approximate surface area is 77.2 Å². The van der Waals surface area contributed by atoms with Crippen LogP contribution in [0, 0.1) is 5.92 Å². The van der Waals surface area contributed by atoms with Gasteiger partial charge in [0.15, 0.2) is 0 Å². The Bertz CT molecular complexity index is 165.